The van der Waals surface area contributed by atoms with Crippen LogP contribution in [0.5, 0.6) is 0 Å². The molecule has 2 aromatic carbocycles. The number of imidazole rings is 2. The van der Waals surface area contributed by atoms with Gasteiger partial charge in [-0.15, -0.1) is 0 Å². The molecule has 408 valence electrons. The largest absolute Gasteiger partial charge is 0.388 e. The number of anilines is 3. The molecule has 0 bridgehead atoms. The number of aliphatic hydroxyl groups excluding tert-OH is 4. The van der Waals surface area contributed by atoms with E-state index in [1.807, 2.05) is 48.5 Å². The average molecular weight is 1060 g/mol. The molecule has 22 nitrogen and oxygen atoms in total. The van der Waals surface area contributed by atoms with Crippen molar-refractivity contribution < 1.29 is 34.8 Å². The average Bonchev–Trinajstić information content (AvgIpc) is 4.50. The summed E-state index contributed by atoms with van der Waals surface area (Å²) >= 11 is 0. The molecule has 0 spiro atoms. The van der Waals surface area contributed by atoms with Crippen LogP contribution in [0.3, 0.4) is 0 Å². The molecule has 2 saturated carbocycles. The third-order valence-corrected chi connectivity index (χ3v) is 16.1. The number of carbonyl (C=O) groups is 3. The molecule has 8 N–H and O–H groups in total. The summed E-state index contributed by atoms with van der Waals surface area (Å²) < 4.78 is 3.59. The van der Waals surface area contributed by atoms with Gasteiger partial charge in [0.05, 0.1) is 48.9 Å². The molecule has 2 aliphatic carbocycles. The van der Waals surface area contributed by atoms with Gasteiger partial charge >= 0.3 is 0 Å². The molecule has 5 aromatic heterocycles. The zero-order chi connectivity index (χ0) is 54.0. The van der Waals surface area contributed by atoms with Crippen molar-refractivity contribution in [3.63, 3.8) is 0 Å². The van der Waals surface area contributed by atoms with Gasteiger partial charge in [0.15, 0.2) is 22.6 Å². The van der Waals surface area contributed by atoms with Crippen molar-refractivity contribution in [1.82, 2.24) is 60.0 Å². The number of hydrogen-bond donors (Lipinski definition) is 8. The smallest absolute Gasteiger partial charge is 0.229 e. The molecule has 0 unspecified atom stereocenters. The minimum Gasteiger partial charge on any atom is -0.388 e. The first-order valence-electron chi connectivity index (χ1n) is 27.2. The van der Waals surface area contributed by atoms with Gasteiger partial charge in [-0.1, -0.05) is 80.6 Å². The van der Waals surface area contributed by atoms with Gasteiger partial charge in [0.1, 0.15) is 29.9 Å². The summed E-state index contributed by atoms with van der Waals surface area (Å²) in [6.45, 7) is 6.17. The van der Waals surface area contributed by atoms with Crippen molar-refractivity contribution in [2.75, 3.05) is 47.8 Å². The number of pyridine rings is 1. The van der Waals surface area contributed by atoms with E-state index in [0.29, 0.717) is 91.3 Å². The van der Waals surface area contributed by atoms with Crippen LogP contribution in [0, 0.1) is 5.92 Å². The third-order valence-electron chi connectivity index (χ3n) is 16.1. The number of aliphatic hydroxyl groups is 4. The summed E-state index contributed by atoms with van der Waals surface area (Å²) in [7, 11) is 0. The summed E-state index contributed by atoms with van der Waals surface area (Å²) in [5.41, 5.74) is 5.80. The first kappa shape index (κ1) is 52.4. The lowest BCUT2D eigenvalue weighted by Gasteiger charge is -2.22. The van der Waals surface area contributed by atoms with E-state index >= 15 is 0 Å². The molecule has 7 aromatic rings. The minimum absolute atomic E-state index is 0.0418. The Morgan fingerprint density at radius 2 is 1.22 bits per heavy atom. The number of benzene rings is 2. The highest BCUT2D eigenvalue weighted by molar-refractivity contribution is 5.85. The summed E-state index contributed by atoms with van der Waals surface area (Å²) in [6.07, 6.45) is 4.94. The van der Waals surface area contributed by atoms with E-state index in [0.717, 1.165) is 23.1 Å². The molecule has 4 aliphatic rings. The standard InChI is InChI=1S/C56H67N15O7/c1-3-43(72)62-39-24-41(50(77)48(39)75)70-30-59-46-38(64-55(66-53(46)70)69-21-18-36(29-69)61-45(74)23-32-12-11-19-57-26-32)22-33-17-20-68(28-33)56-65-52(58-27-37(34-13-7-5-8-14-34)35-15-9-6-10-16-35)47-54(67-56)71(31-60-47)42-25-40(49(76)51(42)78)63-44(73)4-2/h5-16,19,26,30-31,33,36-37,39-42,48-51,75-78H,3-4,17-18,20-25,27-29H2,1-2H3,(H,61,74)(H,62,72)(H,63,73)(H,58,65,67)/t33-,36+,39-,40-,41+,42+,48+,49+,50-,51-/m0/s1. The third kappa shape index (κ3) is 10.8. The Bertz CT molecular complexity index is 3200. The predicted molar refractivity (Wildman–Crippen MR) is 290 cm³/mol. The highest BCUT2D eigenvalue weighted by Crippen LogP contribution is 2.38. The van der Waals surface area contributed by atoms with Crippen LogP contribution < -0.4 is 31.1 Å². The quantitative estimate of drug-likeness (QED) is 0.0613. The van der Waals surface area contributed by atoms with Crippen molar-refractivity contribution in [2.45, 2.75) is 126 Å². The Balaban J connectivity index is 0.896. The van der Waals surface area contributed by atoms with E-state index in [1.54, 1.807) is 48.0 Å². The van der Waals surface area contributed by atoms with E-state index in [1.165, 1.54) is 0 Å². The Hall–Kier alpha value is -7.66. The number of hydrogen-bond acceptors (Lipinski definition) is 17. The van der Waals surface area contributed by atoms with Crippen molar-refractivity contribution in [3.05, 3.63) is 120 Å². The molecule has 78 heavy (non-hydrogen) atoms. The Morgan fingerprint density at radius 1 is 0.641 bits per heavy atom. The monoisotopic (exact) mass is 1060 g/mol. The van der Waals surface area contributed by atoms with Gasteiger partial charge in [-0.2, -0.15) is 15.0 Å². The minimum atomic E-state index is -1.21. The Kier molecular flexibility index (Phi) is 15.3. The van der Waals surface area contributed by atoms with Gasteiger partial charge in [-0.3, -0.25) is 19.4 Å². The second kappa shape index (κ2) is 22.7. The van der Waals surface area contributed by atoms with Crippen LogP contribution in [0.2, 0.25) is 0 Å². The maximum Gasteiger partial charge on any atom is 0.229 e. The first-order valence-corrected chi connectivity index (χ1v) is 27.2. The molecular weight excluding hydrogens is 995 g/mol. The van der Waals surface area contributed by atoms with Crippen molar-refractivity contribution in [3.8, 4) is 0 Å². The zero-order valence-electron chi connectivity index (χ0n) is 43.7. The fourth-order valence-electron chi connectivity index (χ4n) is 11.9. The topological polar surface area (TPSA) is 287 Å². The maximum atomic E-state index is 13.2. The van der Waals surface area contributed by atoms with Crippen LogP contribution in [-0.4, -0.2) is 157 Å². The molecule has 0 radical (unpaired) electrons. The van der Waals surface area contributed by atoms with Gasteiger partial charge < -0.3 is 60.6 Å². The van der Waals surface area contributed by atoms with E-state index in [4.69, 9.17) is 29.9 Å². The maximum absolute atomic E-state index is 13.2. The molecule has 4 fully saturated rings. The van der Waals surface area contributed by atoms with E-state index < -0.39 is 48.6 Å². The van der Waals surface area contributed by atoms with E-state index in [2.05, 4.69) is 60.3 Å². The fraction of sp³-hybridized carbons (Fsp3) is 0.464. The molecule has 22 heteroatoms. The lowest BCUT2D eigenvalue weighted by atomic mass is 9.91. The second-order valence-electron chi connectivity index (χ2n) is 21.2. The zero-order valence-corrected chi connectivity index (χ0v) is 43.7. The Labute approximate surface area is 450 Å². The number of fused-ring (bicyclic) bond motifs is 2. The van der Waals surface area contributed by atoms with Gasteiger partial charge in [-0.25, -0.2) is 15.0 Å². The second-order valence-corrected chi connectivity index (χ2v) is 21.2. The lowest BCUT2D eigenvalue weighted by Crippen LogP contribution is -2.42. The van der Waals surface area contributed by atoms with Crippen LogP contribution in [0.15, 0.2) is 97.8 Å². The normalized spacial score (nSPS) is 25.1. The number of aromatic nitrogens is 9. The van der Waals surface area contributed by atoms with Gasteiger partial charge in [0, 0.05) is 69.9 Å². The van der Waals surface area contributed by atoms with Crippen molar-refractivity contribution in [2.24, 2.45) is 5.92 Å². The molecule has 7 heterocycles. The molecule has 10 atom stereocenters. The molecule has 2 saturated heterocycles. The highest BCUT2D eigenvalue weighted by Gasteiger charge is 2.45. The number of nitrogens with zero attached hydrogens (tertiary/aromatic N) is 11. The summed E-state index contributed by atoms with van der Waals surface area (Å²) in [4.78, 5) is 76.8. The molecular formula is C56H67N15O7. The van der Waals surface area contributed by atoms with Gasteiger partial charge in [-0.05, 0) is 60.8 Å². The first-order chi connectivity index (χ1) is 37.9. The number of rotatable bonds is 18. The Morgan fingerprint density at radius 3 is 1.82 bits per heavy atom. The SMILES string of the molecule is CCC(=O)N[C@H]1C[C@@H](n2cnc3c(C[C@@H]4CCN(c5nc(NCC(c6ccccc6)c6ccccc6)c6ncn([C@@H]7C[C@H](NC(=O)CC)[C@@H](O)[C@H]7O)c6n5)C4)nc(N4CC[C@@H](NC(=O)Cc5cccnc5)C4)nc32)[C@H](O)[C@@H]1O. The molecule has 3 amide bonds. The van der Waals surface area contributed by atoms with Crippen molar-refractivity contribution in [1.29, 1.82) is 0 Å². The number of nitrogens with one attached hydrogen (secondary N) is 4. The highest BCUT2D eigenvalue weighted by atomic mass is 16.3. The van der Waals surface area contributed by atoms with Gasteiger partial charge in [0.2, 0.25) is 29.6 Å². The van der Waals surface area contributed by atoms with Crippen LogP contribution in [0.25, 0.3) is 22.3 Å². The predicted octanol–water partition coefficient (Wildman–Crippen LogP) is 2.73. The van der Waals surface area contributed by atoms with Crippen molar-refractivity contribution >= 4 is 57.8 Å². The van der Waals surface area contributed by atoms with Crippen LogP contribution in [0.1, 0.15) is 92.8 Å². The summed E-state index contributed by atoms with van der Waals surface area (Å²) in [5.74, 6) is 0.886. The summed E-state index contributed by atoms with van der Waals surface area (Å²) in [5, 5.41) is 57.9. The van der Waals surface area contributed by atoms with Gasteiger partial charge in [0.25, 0.3) is 0 Å². The number of amides is 3. The van der Waals surface area contributed by atoms with E-state index in [9.17, 15) is 34.8 Å². The van der Waals surface area contributed by atoms with Crippen LogP contribution >= 0.6 is 0 Å². The van der Waals surface area contributed by atoms with Crippen LogP contribution in [0.4, 0.5) is 17.7 Å². The fourth-order valence-corrected chi connectivity index (χ4v) is 11.9. The van der Waals surface area contributed by atoms with Crippen LogP contribution in [-0.2, 0) is 27.2 Å². The lowest BCUT2D eigenvalue weighted by molar-refractivity contribution is -0.123. The molecule has 2 aliphatic heterocycles. The molecule has 11 rings (SSSR count). The number of carbonyl (C=O) groups excluding carboxylic acids is 3. The van der Waals surface area contributed by atoms with E-state index in [-0.39, 0.29) is 67.7 Å². The summed E-state index contributed by atoms with van der Waals surface area (Å²) in [6, 6.07) is 21.5.